The smallest absolute Gasteiger partial charge is 0.258 e. The number of Topliss-reactive ketones (excluding diaryl/α,β-unsaturated/α-hetero) is 1. The van der Waals surface area contributed by atoms with Crippen LogP contribution in [0.1, 0.15) is 64.4 Å². The van der Waals surface area contributed by atoms with E-state index in [9.17, 15) is 4.79 Å². The van der Waals surface area contributed by atoms with Gasteiger partial charge in [0.2, 0.25) is 0 Å². The van der Waals surface area contributed by atoms with Crippen LogP contribution in [0.25, 0.3) is 0 Å². The van der Waals surface area contributed by atoms with E-state index < -0.39 is 8.32 Å². The van der Waals surface area contributed by atoms with Crippen molar-refractivity contribution < 1.29 is 9.22 Å². The summed E-state index contributed by atoms with van der Waals surface area (Å²) in [7, 11) is -1.96. The zero-order chi connectivity index (χ0) is 17.9. The molecule has 0 N–H and O–H groups in total. The van der Waals surface area contributed by atoms with Crippen LogP contribution in [0.3, 0.4) is 0 Å². The van der Waals surface area contributed by atoms with Gasteiger partial charge < -0.3 is 4.43 Å². The topological polar surface area (TPSA) is 26.3 Å². The van der Waals surface area contributed by atoms with E-state index >= 15 is 0 Å². The molecular formula is C19H31BrO2Si. The standard InChI is InChI=1S/C19H31BrO2Si/c1-12(2)23(13(3)4,14(5)6)22-18-10-9-17(11-15(18)7)19(21)16(8)20/h9-14,16H,1-8H3. The minimum absolute atomic E-state index is 0.111. The molecule has 4 heteroatoms. The second-order valence-corrected chi connectivity index (χ2v) is 14.1. The van der Waals surface area contributed by atoms with E-state index in [2.05, 4.69) is 57.5 Å². The third kappa shape index (κ3) is 4.27. The summed E-state index contributed by atoms with van der Waals surface area (Å²) in [6.07, 6.45) is 0. The Bertz CT molecular complexity index is 529. The van der Waals surface area contributed by atoms with Crippen LogP contribution in [-0.4, -0.2) is 18.9 Å². The molecule has 0 aliphatic heterocycles. The normalized spacial score (nSPS) is 13.7. The lowest BCUT2D eigenvalue weighted by Gasteiger charge is -2.42. The molecule has 0 amide bonds. The first-order valence-electron chi connectivity index (χ1n) is 8.51. The largest absolute Gasteiger partial charge is 0.543 e. The number of alkyl halides is 1. The van der Waals surface area contributed by atoms with Gasteiger partial charge in [-0.1, -0.05) is 57.5 Å². The van der Waals surface area contributed by atoms with Gasteiger partial charge in [0, 0.05) is 5.56 Å². The summed E-state index contributed by atoms with van der Waals surface area (Å²) in [5.74, 6) is 1.05. The highest BCUT2D eigenvalue weighted by Gasteiger charge is 2.47. The maximum absolute atomic E-state index is 12.1. The zero-order valence-corrected chi connectivity index (χ0v) is 18.3. The lowest BCUT2D eigenvalue weighted by Crippen LogP contribution is -2.50. The number of carbonyl (C=O) groups excluding carboxylic acids is 1. The third-order valence-electron chi connectivity index (χ3n) is 4.81. The Hall–Kier alpha value is -0.613. The van der Waals surface area contributed by atoms with Crippen LogP contribution in [0.15, 0.2) is 18.2 Å². The summed E-state index contributed by atoms with van der Waals surface area (Å²) in [5.41, 5.74) is 3.38. The SMILES string of the molecule is Cc1cc(C(=O)C(C)Br)ccc1O[Si](C(C)C)(C(C)C)C(C)C. The van der Waals surface area contributed by atoms with Crippen molar-refractivity contribution in [2.45, 2.75) is 76.8 Å². The summed E-state index contributed by atoms with van der Waals surface area (Å²) < 4.78 is 6.73. The van der Waals surface area contributed by atoms with E-state index in [1.807, 2.05) is 32.0 Å². The highest BCUT2D eigenvalue weighted by molar-refractivity contribution is 9.10. The van der Waals surface area contributed by atoms with Crippen LogP contribution in [0, 0.1) is 6.92 Å². The Balaban J connectivity index is 3.23. The lowest BCUT2D eigenvalue weighted by molar-refractivity contribution is 0.0995. The van der Waals surface area contributed by atoms with E-state index in [0.29, 0.717) is 16.6 Å². The number of aryl methyl sites for hydroxylation is 1. The van der Waals surface area contributed by atoms with Crippen LogP contribution in [0.4, 0.5) is 0 Å². The Kier molecular flexibility index (Phi) is 7.08. The first kappa shape index (κ1) is 20.4. The average Bonchev–Trinajstić information content (AvgIpc) is 2.43. The second-order valence-electron chi connectivity index (χ2n) is 7.38. The Morgan fingerprint density at radius 1 is 1.00 bits per heavy atom. The number of hydrogen-bond donors (Lipinski definition) is 0. The number of halogens is 1. The number of carbonyl (C=O) groups is 1. The molecule has 0 spiro atoms. The fourth-order valence-electron chi connectivity index (χ4n) is 3.69. The van der Waals surface area contributed by atoms with Crippen molar-refractivity contribution in [2.24, 2.45) is 0 Å². The molecule has 0 bridgehead atoms. The molecule has 2 nitrogen and oxygen atoms in total. The van der Waals surface area contributed by atoms with Gasteiger partial charge >= 0.3 is 0 Å². The van der Waals surface area contributed by atoms with Gasteiger partial charge in [0.1, 0.15) is 5.75 Å². The summed E-state index contributed by atoms with van der Waals surface area (Å²) in [5, 5.41) is 0. The van der Waals surface area contributed by atoms with Crippen molar-refractivity contribution >= 4 is 30.0 Å². The van der Waals surface area contributed by atoms with Crippen LogP contribution in [0.5, 0.6) is 5.75 Å². The summed E-state index contributed by atoms with van der Waals surface area (Å²) >= 11 is 3.35. The number of ketones is 1. The molecule has 1 unspecified atom stereocenters. The number of hydrogen-bond acceptors (Lipinski definition) is 2. The molecule has 130 valence electrons. The molecule has 1 atom stereocenters. The van der Waals surface area contributed by atoms with Crippen LogP contribution < -0.4 is 4.43 Å². The maximum Gasteiger partial charge on any atom is 0.258 e. The highest BCUT2D eigenvalue weighted by atomic mass is 79.9. The van der Waals surface area contributed by atoms with Gasteiger partial charge in [-0.2, -0.15) is 0 Å². The van der Waals surface area contributed by atoms with Gasteiger partial charge in [-0.25, -0.2) is 0 Å². The minimum atomic E-state index is -1.96. The van der Waals surface area contributed by atoms with E-state index in [0.717, 1.165) is 16.9 Å². The fraction of sp³-hybridized carbons (Fsp3) is 0.632. The Morgan fingerprint density at radius 2 is 1.48 bits per heavy atom. The molecule has 0 radical (unpaired) electrons. The molecule has 0 fully saturated rings. The van der Waals surface area contributed by atoms with Gasteiger partial charge in [0.25, 0.3) is 8.32 Å². The van der Waals surface area contributed by atoms with Gasteiger partial charge in [0.05, 0.1) is 4.83 Å². The fourth-order valence-corrected chi connectivity index (χ4v) is 9.27. The first-order chi connectivity index (χ1) is 10.5. The Morgan fingerprint density at radius 3 is 1.83 bits per heavy atom. The highest BCUT2D eigenvalue weighted by Crippen LogP contribution is 2.43. The predicted octanol–water partition coefficient (Wildman–Crippen LogP) is 6.52. The van der Waals surface area contributed by atoms with Gasteiger partial charge in [-0.3, -0.25) is 4.79 Å². The van der Waals surface area contributed by atoms with Crippen molar-refractivity contribution in [2.75, 3.05) is 0 Å². The molecular weight excluding hydrogens is 368 g/mol. The molecule has 1 aromatic carbocycles. The van der Waals surface area contributed by atoms with Crippen molar-refractivity contribution in [3.8, 4) is 5.75 Å². The minimum Gasteiger partial charge on any atom is -0.543 e. The lowest BCUT2D eigenvalue weighted by atomic mass is 10.1. The molecule has 0 aliphatic carbocycles. The molecule has 0 heterocycles. The van der Waals surface area contributed by atoms with Crippen LogP contribution >= 0.6 is 15.9 Å². The molecule has 0 saturated heterocycles. The molecule has 1 rings (SSSR count). The molecule has 0 saturated carbocycles. The second kappa shape index (κ2) is 7.97. The zero-order valence-electron chi connectivity index (χ0n) is 15.7. The summed E-state index contributed by atoms with van der Waals surface area (Å²) in [4.78, 5) is 12.0. The Labute approximate surface area is 151 Å². The molecule has 23 heavy (non-hydrogen) atoms. The van der Waals surface area contributed by atoms with Crippen LogP contribution in [-0.2, 0) is 0 Å². The van der Waals surface area contributed by atoms with Gasteiger partial charge in [-0.05, 0) is 54.2 Å². The van der Waals surface area contributed by atoms with Crippen molar-refractivity contribution in [1.82, 2.24) is 0 Å². The summed E-state index contributed by atoms with van der Waals surface area (Å²) in [6, 6.07) is 5.82. The van der Waals surface area contributed by atoms with E-state index in [1.54, 1.807) is 0 Å². The van der Waals surface area contributed by atoms with Crippen molar-refractivity contribution in [1.29, 1.82) is 0 Å². The molecule has 0 aliphatic rings. The van der Waals surface area contributed by atoms with Gasteiger partial charge in [-0.15, -0.1) is 0 Å². The van der Waals surface area contributed by atoms with Crippen molar-refractivity contribution in [3.05, 3.63) is 29.3 Å². The third-order valence-corrected chi connectivity index (χ3v) is 11.2. The average molecular weight is 399 g/mol. The monoisotopic (exact) mass is 398 g/mol. The molecule has 1 aromatic rings. The summed E-state index contributed by atoms with van der Waals surface area (Å²) in [6.45, 7) is 17.6. The van der Waals surface area contributed by atoms with E-state index in [-0.39, 0.29) is 10.6 Å². The maximum atomic E-state index is 12.1. The van der Waals surface area contributed by atoms with E-state index in [4.69, 9.17) is 4.43 Å². The number of rotatable bonds is 7. The first-order valence-corrected chi connectivity index (χ1v) is 11.6. The predicted molar refractivity (Wildman–Crippen MR) is 106 cm³/mol. The van der Waals surface area contributed by atoms with E-state index in [1.165, 1.54) is 0 Å². The number of benzene rings is 1. The van der Waals surface area contributed by atoms with Gasteiger partial charge in [0.15, 0.2) is 5.78 Å². The quantitative estimate of drug-likeness (QED) is 0.297. The van der Waals surface area contributed by atoms with Crippen molar-refractivity contribution in [3.63, 3.8) is 0 Å². The molecule has 0 aromatic heterocycles. The van der Waals surface area contributed by atoms with Crippen LogP contribution in [0.2, 0.25) is 16.6 Å².